The molecule has 0 amide bonds. The molecule has 1 unspecified atom stereocenters. The van der Waals surface area contributed by atoms with Gasteiger partial charge in [-0.15, -0.1) is 26.3 Å². The third kappa shape index (κ3) is 5.55. The second-order valence-corrected chi connectivity index (χ2v) is 3.76. The molecule has 0 fully saturated rings. The van der Waals surface area contributed by atoms with E-state index < -0.39 is 30.3 Å². The Labute approximate surface area is 109 Å². The van der Waals surface area contributed by atoms with Gasteiger partial charge in [-0.2, -0.15) is 0 Å². The van der Waals surface area contributed by atoms with Crippen LogP contribution in [-0.2, 0) is 0 Å². The van der Waals surface area contributed by atoms with Gasteiger partial charge in [0.15, 0.2) is 0 Å². The van der Waals surface area contributed by atoms with Gasteiger partial charge in [0.1, 0.15) is 11.5 Å². The van der Waals surface area contributed by atoms with Gasteiger partial charge in [0.25, 0.3) is 0 Å². The van der Waals surface area contributed by atoms with Crippen molar-refractivity contribution in [2.24, 2.45) is 0 Å². The second kappa shape index (κ2) is 5.78. The molecule has 0 aromatic heterocycles. The smallest absolute Gasteiger partial charge is 0.406 e. The summed E-state index contributed by atoms with van der Waals surface area (Å²) >= 11 is 0. The Balaban J connectivity index is 3.14. The summed E-state index contributed by atoms with van der Waals surface area (Å²) in [6, 6.07) is 2.03. The van der Waals surface area contributed by atoms with E-state index in [0.29, 0.717) is 6.07 Å². The summed E-state index contributed by atoms with van der Waals surface area (Å²) in [7, 11) is 0. The van der Waals surface area contributed by atoms with E-state index in [2.05, 4.69) is 9.47 Å². The van der Waals surface area contributed by atoms with Crippen molar-refractivity contribution in [3.05, 3.63) is 23.8 Å². The van der Waals surface area contributed by atoms with Crippen molar-refractivity contribution in [2.45, 2.75) is 32.2 Å². The molecule has 1 aromatic carbocycles. The predicted molar refractivity (Wildman–Crippen MR) is 55.1 cm³/mol. The van der Waals surface area contributed by atoms with Crippen LogP contribution in [0.5, 0.6) is 11.5 Å². The van der Waals surface area contributed by atoms with Crippen LogP contribution in [0.15, 0.2) is 18.2 Å². The molecule has 0 bridgehead atoms. The number of hydrogen-bond acceptors (Lipinski definition) is 3. The highest BCUT2D eigenvalue weighted by atomic mass is 19.4. The molecular formula is C11H10F6O3. The van der Waals surface area contributed by atoms with E-state index in [1.165, 1.54) is 6.92 Å². The maximum atomic E-state index is 12.1. The zero-order chi connectivity index (χ0) is 15.6. The predicted octanol–water partition coefficient (Wildman–Crippen LogP) is 3.93. The molecule has 1 atom stereocenters. The average molecular weight is 304 g/mol. The first kappa shape index (κ1) is 16.4. The van der Waals surface area contributed by atoms with E-state index in [4.69, 9.17) is 0 Å². The van der Waals surface area contributed by atoms with E-state index in [1.807, 2.05) is 0 Å². The molecule has 9 heteroatoms. The minimum atomic E-state index is -5.06. The monoisotopic (exact) mass is 304 g/mol. The second-order valence-electron chi connectivity index (χ2n) is 3.76. The van der Waals surface area contributed by atoms with Gasteiger partial charge in [-0.25, -0.2) is 0 Å². The SMILES string of the molecule is CCC(O)c1cc(OC(F)(F)F)cc(OC(F)(F)F)c1. The average Bonchev–Trinajstić information content (AvgIpc) is 2.22. The number of ether oxygens (including phenoxy) is 2. The van der Waals surface area contributed by atoms with Crippen molar-refractivity contribution < 1.29 is 40.9 Å². The molecule has 1 rings (SSSR count). The Morgan fingerprint density at radius 1 is 0.950 bits per heavy atom. The van der Waals surface area contributed by atoms with Gasteiger partial charge in [0, 0.05) is 6.07 Å². The van der Waals surface area contributed by atoms with Crippen LogP contribution in [0.4, 0.5) is 26.3 Å². The fraction of sp³-hybridized carbons (Fsp3) is 0.455. The lowest BCUT2D eigenvalue weighted by atomic mass is 10.1. The van der Waals surface area contributed by atoms with E-state index >= 15 is 0 Å². The lowest BCUT2D eigenvalue weighted by molar-refractivity contribution is -0.276. The maximum absolute atomic E-state index is 12.1. The highest BCUT2D eigenvalue weighted by Crippen LogP contribution is 2.33. The van der Waals surface area contributed by atoms with Crippen molar-refractivity contribution >= 4 is 0 Å². The summed E-state index contributed by atoms with van der Waals surface area (Å²) < 4.78 is 79.5. The molecule has 0 radical (unpaired) electrons. The van der Waals surface area contributed by atoms with Crippen LogP contribution in [0.1, 0.15) is 25.0 Å². The van der Waals surface area contributed by atoms with Crippen molar-refractivity contribution in [2.75, 3.05) is 0 Å². The van der Waals surface area contributed by atoms with E-state index in [9.17, 15) is 31.4 Å². The van der Waals surface area contributed by atoms with Crippen LogP contribution in [0, 0.1) is 0 Å². The molecule has 20 heavy (non-hydrogen) atoms. The molecule has 114 valence electrons. The Morgan fingerprint density at radius 3 is 1.65 bits per heavy atom. The molecule has 0 saturated heterocycles. The van der Waals surface area contributed by atoms with Crippen molar-refractivity contribution in [1.29, 1.82) is 0 Å². The van der Waals surface area contributed by atoms with Crippen LogP contribution in [0.2, 0.25) is 0 Å². The molecule has 0 aliphatic rings. The summed E-state index contributed by atoms with van der Waals surface area (Å²) in [5, 5.41) is 9.50. The van der Waals surface area contributed by atoms with Gasteiger partial charge in [-0.3, -0.25) is 0 Å². The lowest BCUT2D eigenvalue weighted by Crippen LogP contribution is -2.19. The lowest BCUT2D eigenvalue weighted by Gasteiger charge is -2.16. The first-order chi connectivity index (χ1) is 9.00. The third-order valence-electron chi connectivity index (χ3n) is 2.14. The van der Waals surface area contributed by atoms with Gasteiger partial charge in [-0.1, -0.05) is 6.92 Å². The van der Waals surface area contributed by atoms with Gasteiger partial charge in [0.2, 0.25) is 0 Å². The number of halogens is 6. The molecule has 0 spiro atoms. The highest BCUT2D eigenvalue weighted by molar-refractivity contribution is 5.39. The highest BCUT2D eigenvalue weighted by Gasteiger charge is 2.34. The van der Waals surface area contributed by atoms with E-state index in [0.717, 1.165) is 12.1 Å². The minimum absolute atomic E-state index is 0.0981. The molecule has 1 N–H and O–H groups in total. The fourth-order valence-corrected chi connectivity index (χ4v) is 1.41. The van der Waals surface area contributed by atoms with Gasteiger partial charge < -0.3 is 14.6 Å². The molecular weight excluding hydrogens is 294 g/mol. The van der Waals surface area contributed by atoms with Crippen LogP contribution in [-0.4, -0.2) is 17.8 Å². The van der Waals surface area contributed by atoms with Crippen molar-refractivity contribution in [3.8, 4) is 11.5 Å². The number of aliphatic hydroxyl groups is 1. The van der Waals surface area contributed by atoms with E-state index in [1.54, 1.807) is 0 Å². The normalized spacial score (nSPS) is 14.0. The van der Waals surface area contributed by atoms with Gasteiger partial charge >= 0.3 is 12.7 Å². The first-order valence-corrected chi connectivity index (χ1v) is 5.34. The maximum Gasteiger partial charge on any atom is 0.573 e. The van der Waals surface area contributed by atoms with Crippen LogP contribution in [0.3, 0.4) is 0 Å². The van der Waals surface area contributed by atoms with Gasteiger partial charge in [0.05, 0.1) is 6.10 Å². The van der Waals surface area contributed by atoms with Crippen LogP contribution in [0.25, 0.3) is 0 Å². The first-order valence-electron chi connectivity index (χ1n) is 5.34. The van der Waals surface area contributed by atoms with Crippen molar-refractivity contribution in [3.63, 3.8) is 0 Å². The fourth-order valence-electron chi connectivity index (χ4n) is 1.41. The Hall–Kier alpha value is -1.64. The van der Waals surface area contributed by atoms with Crippen molar-refractivity contribution in [1.82, 2.24) is 0 Å². The number of aliphatic hydroxyl groups excluding tert-OH is 1. The summed E-state index contributed by atoms with van der Waals surface area (Å²) in [4.78, 5) is 0. The summed E-state index contributed by atoms with van der Waals surface area (Å²) in [5.74, 6) is -1.80. The molecule has 0 aliphatic carbocycles. The number of benzene rings is 1. The summed E-state index contributed by atoms with van der Waals surface area (Å²) in [6.07, 6.45) is -11.3. The summed E-state index contributed by atoms with van der Waals surface area (Å²) in [5.41, 5.74) is -0.173. The summed E-state index contributed by atoms with van der Waals surface area (Å²) in [6.45, 7) is 1.51. The molecule has 0 aliphatic heterocycles. The van der Waals surface area contributed by atoms with E-state index in [-0.39, 0.29) is 12.0 Å². The quantitative estimate of drug-likeness (QED) is 0.857. The third-order valence-corrected chi connectivity index (χ3v) is 2.14. The minimum Gasteiger partial charge on any atom is -0.406 e. The number of hydrogen-bond donors (Lipinski definition) is 1. The Kier molecular flexibility index (Phi) is 4.74. The molecule has 1 aromatic rings. The molecule has 0 saturated carbocycles. The van der Waals surface area contributed by atoms with Crippen LogP contribution < -0.4 is 9.47 Å². The Morgan fingerprint density at radius 2 is 1.35 bits per heavy atom. The molecule has 0 heterocycles. The standard InChI is InChI=1S/C11H10F6O3/c1-2-9(18)6-3-7(19-10(12,13)14)5-8(4-6)20-11(15,16)17/h3-5,9,18H,2H2,1H3. The largest absolute Gasteiger partial charge is 0.573 e. The van der Waals surface area contributed by atoms with Crippen LogP contribution >= 0.6 is 0 Å². The van der Waals surface area contributed by atoms with Gasteiger partial charge in [-0.05, 0) is 24.1 Å². The zero-order valence-corrected chi connectivity index (χ0v) is 10.0. The zero-order valence-electron chi connectivity index (χ0n) is 10.0. The number of alkyl halides is 6. The Bertz CT molecular complexity index is 420. The topological polar surface area (TPSA) is 38.7 Å². The number of rotatable bonds is 4. The molecule has 3 nitrogen and oxygen atoms in total.